The topological polar surface area (TPSA) is 47.7 Å². The highest BCUT2D eigenvalue weighted by Crippen LogP contribution is 2.40. The van der Waals surface area contributed by atoms with Crippen molar-refractivity contribution in [3.8, 4) is 11.5 Å². The van der Waals surface area contributed by atoms with E-state index in [0.717, 1.165) is 54.9 Å². The van der Waals surface area contributed by atoms with Crippen molar-refractivity contribution < 1.29 is 18.4 Å². The van der Waals surface area contributed by atoms with Gasteiger partial charge in [-0.25, -0.2) is 4.39 Å². The third-order valence-corrected chi connectivity index (χ3v) is 5.23. The van der Waals surface area contributed by atoms with Crippen molar-refractivity contribution >= 4 is 16.7 Å². The zero-order chi connectivity index (χ0) is 19.5. The first-order valence-electron chi connectivity index (χ1n) is 9.72. The average molecular weight is 383 g/mol. The third-order valence-electron chi connectivity index (χ3n) is 5.23. The second kappa shape index (κ2) is 8.09. The highest BCUT2D eigenvalue weighted by Gasteiger charge is 2.27. The second-order valence-corrected chi connectivity index (χ2v) is 7.04. The van der Waals surface area contributed by atoms with Crippen molar-refractivity contribution in [2.45, 2.75) is 32.1 Å². The number of hydrogen-bond donors (Lipinski definition) is 0. The number of ether oxygens (including phenoxy) is 2. The summed E-state index contributed by atoms with van der Waals surface area (Å²) in [5.74, 6) is 1.36. The smallest absolute Gasteiger partial charge is 0.184 e. The lowest BCUT2D eigenvalue weighted by atomic mass is 9.91. The molecule has 1 aliphatic rings. The Morgan fingerprint density at radius 3 is 2.86 bits per heavy atom. The van der Waals surface area contributed by atoms with Crippen LogP contribution in [0.5, 0.6) is 11.5 Å². The first-order chi connectivity index (χ1) is 13.7. The molecule has 4 rings (SSSR count). The van der Waals surface area contributed by atoms with Gasteiger partial charge in [-0.05, 0) is 49.6 Å². The number of anilines is 1. The molecule has 2 aromatic carbocycles. The molecular weight excluding hydrogens is 359 g/mol. The number of hydrogen-bond acceptors (Lipinski definition) is 5. The fourth-order valence-electron chi connectivity index (χ4n) is 3.83. The van der Waals surface area contributed by atoms with Crippen LogP contribution in [0.25, 0.3) is 11.0 Å². The van der Waals surface area contributed by atoms with Gasteiger partial charge in [0.25, 0.3) is 0 Å². The van der Waals surface area contributed by atoms with Gasteiger partial charge in [0.1, 0.15) is 5.82 Å². The van der Waals surface area contributed by atoms with Gasteiger partial charge in [-0.3, -0.25) is 0 Å². The van der Waals surface area contributed by atoms with E-state index < -0.39 is 0 Å². The molecule has 0 bridgehead atoms. The summed E-state index contributed by atoms with van der Waals surface area (Å²) in [6, 6.07) is 11.6. The monoisotopic (exact) mass is 383 g/mol. The van der Waals surface area contributed by atoms with Crippen molar-refractivity contribution in [1.82, 2.24) is 5.16 Å². The number of nitrogens with zero attached hydrogens (tertiary/aromatic N) is 2. The summed E-state index contributed by atoms with van der Waals surface area (Å²) >= 11 is 0. The van der Waals surface area contributed by atoms with E-state index in [1.165, 1.54) is 12.1 Å². The number of fused-ring (bicyclic) bond motifs is 1. The van der Waals surface area contributed by atoms with Gasteiger partial charge < -0.3 is 18.9 Å². The average Bonchev–Trinajstić information content (AvgIpc) is 3.15. The van der Waals surface area contributed by atoms with Crippen molar-refractivity contribution in [2.24, 2.45) is 0 Å². The van der Waals surface area contributed by atoms with Crippen LogP contribution in [0, 0.1) is 11.9 Å². The molecule has 1 aliphatic heterocycles. The minimum Gasteiger partial charge on any atom is -0.491 e. The molecule has 3 aromatic rings. The van der Waals surface area contributed by atoms with Crippen LogP contribution in [0.1, 0.15) is 37.8 Å². The van der Waals surface area contributed by atoms with Crippen LogP contribution in [0.3, 0.4) is 0 Å². The van der Waals surface area contributed by atoms with Crippen molar-refractivity contribution in [3.63, 3.8) is 0 Å². The van der Waals surface area contributed by atoms with E-state index in [0.29, 0.717) is 17.9 Å². The lowest BCUT2D eigenvalue weighted by Crippen LogP contribution is -2.33. The molecule has 2 heterocycles. The van der Waals surface area contributed by atoms with Crippen molar-refractivity contribution in [1.29, 1.82) is 0 Å². The largest absolute Gasteiger partial charge is 0.491 e. The summed E-state index contributed by atoms with van der Waals surface area (Å²) in [5.41, 5.74) is 2.51. The fraction of sp³-hybridized carbons (Fsp3) is 0.409. The predicted molar refractivity (Wildman–Crippen MR) is 106 cm³/mol. The first kappa shape index (κ1) is 18.6. The van der Waals surface area contributed by atoms with Crippen LogP contribution in [0.2, 0.25) is 0 Å². The number of halogens is 1. The molecule has 1 aromatic heterocycles. The maximum atomic E-state index is 13.6. The van der Waals surface area contributed by atoms with E-state index in [9.17, 15) is 4.39 Å². The molecule has 1 fully saturated rings. The summed E-state index contributed by atoms with van der Waals surface area (Å²) in [5, 5.41) is 5.01. The van der Waals surface area contributed by atoms with Crippen molar-refractivity contribution in [3.05, 3.63) is 47.9 Å². The Bertz CT molecular complexity index is 948. The Morgan fingerprint density at radius 2 is 2.11 bits per heavy atom. The Kier molecular flexibility index (Phi) is 5.37. The third kappa shape index (κ3) is 3.51. The summed E-state index contributed by atoms with van der Waals surface area (Å²) in [4.78, 5) is 2.30. The van der Waals surface area contributed by atoms with Crippen LogP contribution >= 0.6 is 0 Å². The van der Waals surface area contributed by atoms with E-state index in [1.54, 1.807) is 13.2 Å². The lowest BCUT2D eigenvalue weighted by molar-refractivity contribution is 0.293. The van der Waals surface area contributed by atoms with E-state index in [2.05, 4.69) is 23.0 Å². The molecule has 0 spiro atoms. The highest BCUT2D eigenvalue weighted by atomic mass is 19.1. The second-order valence-electron chi connectivity index (χ2n) is 7.04. The molecule has 0 saturated carbocycles. The van der Waals surface area contributed by atoms with Gasteiger partial charge in [-0.1, -0.05) is 12.1 Å². The molecule has 0 atom stereocenters. The first-order valence-corrected chi connectivity index (χ1v) is 9.72. The highest BCUT2D eigenvalue weighted by molar-refractivity contribution is 5.80. The Morgan fingerprint density at radius 1 is 1.29 bits per heavy atom. The summed E-state index contributed by atoms with van der Waals surface area (Å²) in [6.07, 6.45) is 2.75. The maximum absolute atomic E-state index is 13.6. The van der Waals surface area contributed by atoms with Gasteiger partial charge in [0, 0.05) is 30.5 Å². The van der Waals surface area contributed by atoms with Crippen LogP contribution < -0.4 is 14.4 Å². The molecule has 28 heavy (non-hydrogen) atoms. The van der Waals surface area contributed by atoms with Gasteiger partial charge >= 0.3 is 0 Å². The van der Waals surface area contributed by atoms with Crippen LogP contribution in [-0.2, 0) is 0 Å². The molecular formula is C22H24FN2O3. The molecule has 147 valence electrons. The van der Waals surface area contributed by atoms with Gasteiger partial charge in [0.2, 0.25) is 0 Å². The minimum absolute atomic E-state index is 0.247. The summed E-state index contributed by atoms with van der Waals surface area (Å²) in [7, 11) is 1.66. The Hall–Kier alpha value is -2.76. The SMILES string of the molecule is CCCOc1[c]ccc(N2CCC(c3noc4ccc(F)cc34)CC2)c1OC. The van der Waals surface area contributed by atoms with E-state index >= 15 is 0 Å². The van der Waals surface area contributed by atoms with Crippen LogP contribution in [0.4, 0.5) is 10.1 Å². The number of benzene rings is 2. The normalized spacial score (nSPS) is 15.2. The molecule has 1 saturated heterocycles. The van der Waals surface area contributed by atoms with E-state index in [4.69, 9.17) is 14.0 Å². The van der Waals surface area contributed by atoms with Gasteiger partial charge in [0.05, 0.1) is 25.1 Å². The number of piperidine rings is 1. The van der Waals surface area contributed by atoms with E-state index in [-0.39, 0.29) is 11.7 Å². The summed E-state index contributed by atoms with van der Waals surface area (Å²) in [6.45, 7) is 4.40. The molecule has 1 radical (unpaired) electrons. The molecule has 5 nitrogen and oxygen atoms in total. The van der Waals surface area contributed by atoms with Gasteiger partial charge in [-0.15, -0.1) is 0 Å². The molecule has 6 heteroatoms. The molecule has 0 amide bonds. The standard InChI is InChI=1S/C22H24FN2O3/c1-3-13-27-20-6-4-5-18(22(20)26-2)25-11-9-15(10-12-25)21-17-14-16(23)7-8-19(17)28-24-21/h4-5,7-8,14-15H,3,9-13H2,1-2H3. The van der Waals surface area contributed by atoms with Gasteiger partial charge in [-0.2, -0.15) is 0 Å². The fourth-order valence-corrected chi connectivity index (χ4v) is 3.83. The number of aromatic nitrogens is 1. The van der Waals surface area contributed by atoms with E-state index in [1.807, 2.05) is 12.1 Å². The summed E-state index contributed by atoms with van der Waals surface area (Å²) < 4.78 is 30.4. The van der Waals surface area contributed by atoms with Crippen LogP contribution in [-0.4, -0.2) is 32.0 Å². The Labute approximate surface area is 164 Å². The van der Waals surface area contributed by atoms with Gasteiger partial charge in [0.15, 0.2) is 17.1 Å². The molecule has 0 N–H and O–H groups in total. The number of methoxy groups -OCH3 is 1. The zero-order valence-electron chi connectivity index (χ0n) is 16.2. The van der Waals surface area contributed by atoms with Crippen molar-refractivity contribution in [2.75, 3.05) is 31.7 Å². The molecule has 0 unspecified atom stereocenters. The number of rotatable bonds is 6. The maximum Gasteiger partial charge on any atom is 0.184 e. The zero-order valence-corrected chi connectivity index (χ0v) is 16.2. The minimum atomic E-state index is -0.265. The quantitative estimate of drug-likeness (QED) is 0.603. The predicted octanol–water partition coefficient (Wildman–Crippen LogP) is 4.95. The van der Waals surface area contributed by atoms with Crippen LogP contribution in [0.15, 0.2) is 34.9 Å². The lowest BCUT2D eigenvalue weighted by Gasteiger charge is -2.34. The Balaban J connectivity index is 1.52. The molecule has 0 aliphatic carbocycles.